The van der Waals surface area contributed by atoms with Gasteiger partial charge in [-0.05, 0) is 80.3 Å². The highest BCUT2D eigenvalue weighted by Gasteiger charge is 2.45. The van der Waals surface area contributed by atoms with Crippen molar-refractivity contribution in [3.8, 4) is 10.4 Å². The van der Waals surface area contributed by atoms with Crippen LogP contribution in [0.2, 0.25) is 5.02 Å². The molecule has 4 aromatic rings. The number of carbonyl (C=O) groups is 4. The van der Waals surface area contributed by atoms with Crippen molar-refractivity contribution in [1.82, 2.24) is 45.3 Å². The van der Waals surface area contributed by atoms with Crippen LogP contribution in [0.1, 0.15) is 84.0 Å². The van der Waals surface area contributed by atoms with Crippen molar-refractivity contribution >= 4 is 70.0 Å². The van der Waals surface area contributed by atoms with E-state index < -0.39 is 35.6 Å². The Bertz CT molecular complexity index is 2500. The molecule has 4 atom stereocenters. The Morgan fingerprint density at radius 3 is 2.24 bits per heavy atom. The number of halogens is 1. The van der Waals surface area contributed by atoms with Crippen LogP contribution < -0.4 is 26.2 Å². The number of hydrogen-bond acceptors (Lipinski definition) is 15. The van der Waals surface area contributed by atoms with E-state index in [9.17, 15) is 24.3 Å². The number of benzene rings is 1. The van der Waals surface area contributed by atoms with Crippen LogP contribution in [0.15, 0.2) is 64.4 Å². The second kappa shape index (κ2) is 22.5. The first kappa shape index (κ1) is 52.4. The number of thiazole rings is 1. The number of amides is 4. The van der Waals surface area contributed by atoms with Crippen LogP contribution >= 0.6 is 34.7 Å². The molecule has 0 radical (unpaired) electrons. The zero-order valence-corrected chi connectivity index (χ0v) is 44.2. The van der Waals surface area contributed by atoms with Crippen LogP contribution in [0, 0.1) is 23.7 Å². The largest absolute Gasteiger partial charge is 0.391 e. The summed E-state index contributed by atoms with van der Waals surface area (Å²) in [6.45, 7) is 17.8. The number of β-amino-alcohol motifs (C(OH)–C–C–N with tert-alkyl or cyclic N) is 1. The molecule has 1 aromatic carbocycles. The number of aromatic nitrogens is 4. The van der Waals surface area contributed by atoms with Crippen molar-refractivity contribution < 1.29 is 24.3 Å². The molecule has 7 heterocycles. The van der Waals surface area contributed by atoms with E-state index >= 15 is 0 Å². The first-order valence-electron chi connectivity index (χ1n) is 24.8. The second-order valence-corrected chi connectivity index (χ2v) is 23.3. The number of rotatable bonds is 14. The molecular weight excluding hydrogens is 960 g/mol. The molecule has 3 aromatic heterocycles. The molecule has 4 saturated heterocycles. The number of piperidine rings is 2. The Kier molecular flexibility index (Phi) is 16.6. The normalized spacial score (nSPS) is 21.0. The summed E-state index contributed by atoms with van der Waals surface area (Å²) in [7, 11) is 0. The summed E-state index contributed by atoms with van der Waals surface area (Å²) in [4.78, 5) is 85.1. The molecule has 0 saturated carbocycles. The van der Waals surface area contributed by atoms with E-state index in [2.05, 4.69) is 42.2 Å². The number of aliphatic hydroxyl groups is 1. The second-order valence-electron chi connectivity index (χ2n) is 21.0. The molecule has 5 N–H and O–H groups in total. The summed E-state index contributed by atoms with van der Waals surface area (Å²) in [6.07, 6.45) is 8.01. The maximum Gasteiger partial charge on any atom is 0.246 e. The van der Waals surface area contributed by atoms with E-state index in [0.29, 0.717) is 76.0 Å². The molecule has 71 heavy (non-hydrogen) atoms. The molecule has 20 heteroatoms. The molecule has 8 rings (SSSR count). The number of aliphatic hydroxyl groups excluding tert-OH is 1. The fraction of sp³-hybridized carbons (Fsp3) is 0.569. The minimum Gasteiger partial charge on any atom is -0.391 e. The van der Waals surface area contributed by atoms with Crippen molar-refractivity contribution in [2.75, 3.05) is 81.8 Å². The van der Waals surface area contributed by atoms with Crippen LogP contribution in [-0.2, 0) is 19.2 Å². The van der Waals surface area contributed by atoms with E-state index in [1.54, 1.807) is 23.7 Å². The van der Waals surface area contributed by atoms with Gasteiger partial charge in [0.25, 0.3) is 0 Å². The van der Waals surface area contributed by atoms with Gasteiger partial charge in [0.2, 0.25) is 23.6 Å². The molecule has 4 amide bonds. The SMILES string of the molecule is CC(=O)N[C@H](C(=O)N1C[C@H](O)C[C@H]1C(=O)N[C@@H](CN1CCC(C(=O)N2CCN(c3nccc(Sc4cnc(N5CCC(C)(CN)CC5)cn4)c3Cl)CC2)CC1)c1ccc(-c2scnc2C)cc1)C(C)(C)C. The number of nitrogens with two attached hydrogens (primary N) is 1. The van der Waals surface area contributed by atoms with Crippen LogP contribution in [0.5, 0.6) is 0 Å². The highest BCUT2D eigenvalue weighted by molar-refractivity contribution is 7.99. The number of piperazine rings is 1. The van der Waals surface area contributed by atoms with Gasteiger partial charge in [0.05, 0.1) is 45.6 Å². The van der Waals surface area contributed by atoms with E-state index in [-0.39, 0.29) is 42.0 Å². The van der Waals surface area contributed by atoms with Crippen molar-refractivity contribution in [2.24, 2.45) is 22.5 Å². The van der Waals surface area contributed by atoms with Crippen molar-refractivity contribution in [3.05, 3.63) is 70.7 Å². The van der Waals surface area contributed by atoms with E-state index in [1.165, 1.54) is 23.6 Å². The standard InChI is InChI=1S/C51H69ClN12O5S2/c1-32-44(70-31-57-32)35-9-7-34(8-10-35)38(59-47(67)39-25-37(66)28-64(39)49(69)45(50(3,4)5)58-33(2)65)29-60-17-12-36(13-18-60)48(68)63-23-21-62(22-24-63)46-43(52)40(11-16-54-46)71-42-27-55-41(26-56-42)61-19-14-51(6,30-53)15-20-61/h7-11,16,26-27,31,36-39,45,66H,12-15,17-25,28-30,53H2,1-6H3,(H,58,65)(H,59,67)/t37-,38+,39+,45-/m1/s1. The maximum absolute atomic E-state index is 14.3. The van der Waals surface area contributed by atoms with Crippen LogP contribution in [0.25, 0.3) is 10.4 Å². The van der Waals surface area contributed by atoms with Gasteiger partial charge < -0.3 is 46.0 Å². The topological polar surface area (TPSA) is 206 Å². The van der Waals surface area contributed by atoms with Crippen molar-refractivity contribution in [1.29, 1.82) is 0 Å². The van der Waals surface area contributed by atoms with Gasteiger partial charge in [0.15, 0.2) is 0 Å². The number of aryl methyl sites for hydroxylation is 1. The number of pyridine rings is 1. The molecule has 4 aliphatic heterocycles. The van der Waals surface area contributed by atoms with Crippen LogP contribution in [0.4, 0.5) is 11.6 Å². The highest BCUT2D eigenvalue weighted by atomic mass is 35.5. The minimum atomic E-state index is -0.922. The summed E-state index contributed by atoms with van der Waals surface area (Å²) >= 11 is 10.0. The van der Waals surface area contributed by atoms with Crippen molar-refractivity contribution in [3.63, 3.8) is 0 Å². The third kappa shape index (κ3) is 12.5. The summed E-state index contributed by atoms with van der Waals surface area (Å²) in [5.41, 5.74) is 10.3. The molecule has 4 aliphatic rings. The van der Waals surface area contributed by atoms with Gasteiger partial charge in [0.1, 0.15) is 28.7 Å². The van der Waals surface area contributed by atoms with Gasteiger partial charge in [-0.1, -0.05) is 75.3 Å². The van der Waals surface area contributed by atoms with E-state index in [4.69, 9.17) is 27.3 Å². The summed E-state index contributed by atoms with van der Waals surface area (Å²) < 4.78 is 0. The highest BCUT2D eigenvalue weighted by Crippen LogP contribution is 2.38. The lowest BCUT2D eigenvalue weighted by molar-refractivity contribution is -0.144. The zero-order chi connectivity index (χ0) is 50.6. The first-order valence-corrected chi connectivity index (χ1v) is 26.9. The molecule has 382 valence electrons. The van der Waals surface area contributed by atoms with Gasteiger partial charge >= 0.3 is 0 Å². The molecule has 0 unspecified atom stereocenters. The van der Waals surface area contributed by atoms with E-state index in [1.807, 2.05) is 74.6 Å². The summed E-state index contributed by atoms with van der Waals surface area (Å²) in [5, 5.41) is 18.1. The molecule has 0 aliphatic carbocycles. The smallest absolute Gasteiger partial charge is 0.246 e. The number of likely N-dealkylation sites (tertiary alicyclic amines) is 2. The predicted molar refractivity (Wildman–Crippen MR) is 278 cm³/mol. The lowest BCUT2D eigenvalue weighted by Gasteiger charge is -2.40. The minimum absolute atomic E-state index is 0.00825. The van der Waals surface area contributed by atoms with Gasteiger partial charge in [0, 0.05) is 82.7 Å². The fourth-order valence-corrected chi connectivity index (χ4v) is 12.0. The van der Waals surface area contributed by atoms with E-state index in [0.717, 1.165) is 63.4 Å². The number of nitrogens with one attached hydrogen (secondary N) is 2. The summed E-state index contributed by atoms with van der Waals surface area (Å²) in [5.74, 6) is 0.470. The first-order chi connectivity index (χ1) is 33.9. The molecular formula is C51H69ClN12O5S2. The lowest BCUT2D eigenvalue weighted by Crippen LogP contribution is -2.57. The third-order valence-electron chi connectivity index (χ3n) is 14.7. The molecule has 17 nitrogen and oxygen atoms in total. The number of carbonyl (C=O) groups excluding carboxylic acids is 4. The Morgan fingerprint density at radius 1 is 0.930 bits per heavy atom. The molecule has 0 bridgehead atoms. The summed E-state index contributed by atoms with van der Waals surface area (Å²) in [6, 6.07) is 7.76. The monoisotopic (exact) mass is 1030 g/mol. The van der Waals surface area contributed by atoms with Gasteiger partial charge in [-0.2, -0.15) is 0 Å². The lowest BCUT2D eigenvalue weighted by atomic mass is 9.80. The quantitative estimate of drug-likeness (QED) is 0.125. The van der Waals surface area contributed by atoms with Crippen LogP contribution in [-0.4, -0.2) is 154 Å². The van der Waals surface area contributed by atoms with Gasteiger partial charge in [-0.3, -0.25) is 19.2 Å². The number of anilines is 2. The Balaban J connectivity index is 0.870. The average Bonchev–Trinajstić information content (AvgIpc) is 3.98. The third-order valence-corrected chi connectivity index (χ3v) is 17.1. The Hall–Kier alpha value is -4.92. The molecule has 0 spiro atoms. The predicted octanol–water partition coefficient (Wildman–Crippen LogP) is 5.40. The van der Waals surface area contributed by atoms with Gasteiger partial charge in [-0.15, -0.1) is 11.3 Å². The van der Waals surface area contributed by atoms with Gasteiger partial charge in [-0.25, -0.2) is 19.9 Å². The Morgan fingerprint density at radius 2 is 1.63 bits per heavy atom. The Labute approximate surface area is 430 Å². The number of hydrogen-bond donors (Lipinski definition) is 4. The maximum atomic E-state index is 14.3. The molecule has 4 fully saturated rings. The van der Waals surface area contributed by atoms with Crippen molar-refractivity contribution in [2.45, 2.75) is 108 Å². The van der Waals surface area contributed by atoms with Crippen LogP contribution in [0.3, 0.4) is 0 Å². The number of nitrogens with zero attached hydrogens (tertiary/aromatic N) is 9. The zero-order valence-electron chi connectivity index (χ0n) is 41.8. The fourth-order valence-electron chi connectivity index (χ4n) is 10.1. The average molecular weight is 1030 g/mol.